The van der Waals surface area contributed by atoms with E-state index in [-0.39, 0.29) is 6.61 Å². The topological polar surface area (TPSA) is 33.1 Å². The smallest absolute Gasteiger partial charge is 0.0958 e. The van der Waals surface area contributed by atoms with Crippen molar-refractivity contribution in [1.82, 2.24) is 4.98 Å². The quantitative estimate of drug-likeness (QED) is 0.744. The van der Waals surface area contributed by atoms with Crippen molar-refractivity contribution in [3.8, 4) is 0 Å². The Hall–Kier alpha value is -0.410. The van der Waals surface area contributed by atoms with E-state index in [4.69, 9.17) is 5.11 Å². The first-order valence-electron chi connectivity index (χ1n) is 3.95. The van der Waals surface area contributed by atoms with Crippen LogP contribution in [-0.2, 0) is 6.42 Å². The van der Waals surface area contributed by atoms with Gasteiger partial charge in [-0.1, -0.05) is 0 Å². The van der Waals surface area contributed by atoms with Crippen molar-refractivity contribution in [3.05, 3.63) is 16.1 Å². The van der Waals surface area contributed by atoms with Gasteiger partial charge in [-0.05, 0) is 12.8 Å². The number of aliphatic hydroxyl groups is 1. The zero-order chi connectivity index (χ0) is 7.68. The monoisotopic (exact) mass is 169 g/mol. The van der Waals surface area contributed by atoms with Crippen LogP contribution in [-0.4, -0.2) is 16.7 Å². The van der Waals surface area contributed by atoms with Crippen LogP contribution in [0.1, 0.15) is 28.6 Å². The van der Waals surface area contributed by atoms with Gasteiger partial charge in [0, 0.05) is 30.0 Å². The van der Waals surface area contributed by atoms with Gasteiger partial charge in [-0.3, -0.25) is 0 Å². The Bertz CT molecular complexity index is 242. The molecule has 1 N–H and O–H groups in total. The molecule has 1 aromatic rings. The molecule has 1 aromatic heterocycles. The fourth-order valence-corrected chi connectivity index (χ4v) is 2.14. The van der Waals surface area contributed by atoms with E-state index in [1.54, 1.807) is 11.3 Å². The highest BCUT2D eigenvalue weighted by molar-refractivity contribution is 7.11. The maximum absolute atomic E-state index is 8.66. The summed E-state index contributed by atoms with van der Waals surface area (Å²) < 4.78 is 0. The molecule has 0 aliphatic heterocycles. The molecule has 1 saturated carbocycles. The van der Waals surface area contributed by atoms with Crippen molar-refractivity contribution in [3.63, 3.8) is 0 Å². The van der Waals surface area contributed by atoms with Crippen molar-refractivity contribution < 1.29 is 5.11 Å². The zero-order valence-corrected chi connectivity index (χ0v) is 7.10. The lowest BCUT2D eigenvalue weighted by atomic mass is 10.4. The first-order valence-corrected chi connectivity index (χ1v) is 4.77. The first-order chi connectivity index (χ1) is 5.40. The van der Waals surface area contributed by atoms with Crippen molar-refractivity contribution in [2.45, 2.75) is 25.2 Å². The highest BCUT2D eigenvalue weighted by Gasteiger charge is 2.26. The summed E-state index contributed by atoms with van der Waals surface area (Å²) in [7, 11) is 0. The van der Waals surface area contributed by atoms with Crippen LogP contribution in [0.25, 0.3) is 0 Å². The number of rotatable bonds is 3. The van der Waals surface area contributed by atoms with E-state index in [0.29, 0.717) is 0 Å². The van der Waals surface area contributed by atoms with Gasteiger partial charge < -0.3 is 5.11 Å². The van der Waals surface area contributed by atoms with E-state index in [1.165, 1.54) is 22.7 Å². The Morgan fingerprint density at radius 3 is 3.09 bits per heavy atom. The third-order valence-corrected chi connectivity index (χ3v) is 3.08. The van der Waals surface area contributed by atoms with E-state index in [0.717, 1.165) is 12.3 Å². The van der Waals surface area contributed by atoms with Crippen molar-refractivity contribution >= 4 is 11.3 Å². The predicted molar refractivity (Wildman–Crippen MR) is 44.9 cm³/mol. The van der Waals surface area contributed by atoms with Gasteiger partial charge in [-0.2, -0.15) is 0 Å². The lowest BCUT2D eigenvalue weighted by Crippen LogP contribution is -1.84. The molecule has 0 unspecified atom stereocenters. The predicted octanol–water partition coefficient (Wildman–Crippen LogP) is 1.56. The normalized spacial score (nSPS) is 17.2. The van der Waals surface area contributed by atoms with Crippen LogP contribution in [0.3, 0.4) is 0 Å². The standard InChI is InChI=1S/C8H11NOS/c10-4-3-7-5-9-8(11-7)6-1-2-6/h5-6,10H,1-4H2. The molecule has 0 amide bonds. The molecule has 11 heavy (non-hydrogen) atoms. The summed E-state index contributed by atoms with van der Waals surface area (Å²) >= 11 is 1.76. The molecule has 1 aliphatic rings. The number of hydrogen-bond donors (Lipinski definition) is 1. The van der Waals surface area contributed by atoms with Crippen LogP contribution in [0.4, 0.5) is 0 Å². The van der Waals surface area contributed by atoms with E-state index < -0.39 is 0 Å². The summed E-state index contributed by atoms with van der Waals surface area (Å²) in [5.74, 6) is 0.757. The second-order valence-corrected chi connectivity index (χ2v) is 4.06. The Balaban J connectivity index is 2.06. The molecule has 0 spiro atoms. The van der Waals surface area contributed by atoms with Crippen LogP contribution in [0.15, 0.2) is 6.20 Å². The van der Waals surface area contributed by atoms with E-state index >= 15 is 0 Å². The molecule has 0 radical (unpaired) electrons. The van der Waals surface area contributed by atoms with E-state index in [2.05, 4.69) is 4.98 Å². The number of hydrogen-bond acceptors (Lipinski definition) is 3. The highest BCUT2D eigenvalue weighted by atomic mass is 32.1. The highest BCUT2D eigenvalue weighted by Crippen LogP contribution is 2.41. The molecular weight excluding hydrogens is 158 g/mol. The minimum Gasteiger partial charge on any atom is -0.396 e. The van der Waals surface area contributed by atoms with Gasteiger partial charge in [0.25, 0.3) is 0 Å². The van der Waals surface area contributed by atoms with Crippen molar-refractivity contribution in [2.24, 2.45) is 0 Å². The molecule has 0 bridgehead atoms. The molecule has 1 fully saturated rings. The molecule has 0 aromatic carbocycles. The van der Waals surface area contributed by atoms with Gasteiger partial charge in [0.2, 0.25) is 0 Å². The van der Waals surface area contributed by atoms with Crippen molar-refractivity contribution in [2.75, 3.05) is 6.61 Å². The van der Waals surface area contributed by atoms with Gasteiger partial charge in [0.1, 0.15) is 0 Å². The van der Waals surface area contributed by atoms with Gasteiger partial charge in [0.15, 0.2) is 0 Å². The number of thiazole rings is 1. The molecule has 0 atom stereocenters. The molecule has 3 heteroatoms. The average molecular weight is 169 g/mol. The van der Waals surface area contributed by atoms with Gasteiger partial charge in [-0.15, -0.1) is 11.3 Å². The van der Waals surface area contributed by atoms with Crippen LogP contribution in [0.2, 0.25) is 0 Å². The van der Waals surface area contributed by atoms with Crippen molar-refractivity contribution in [1.29, 1.82) is 0 Å². The molecule has 1 heterocycles. The van der Waals surface area contributed by atoms with Gasteiger partial charge in [-0.25, -0.2) is 4.98 Å². The third kappa shape index (κ3) is 1.60. The summed E-state index contributed by atoms with van der Waals surface area (Å²) in [5, 5.41) is 9.93. The summed E-state index contributed by atoms with van der Waals surface area (Å²) in [6.07, 6.45) is 5.29. The van der Waals surface area contributed by atoms with Crippen LogP contribution >= 0.6 is 11.3 Å². The molecule has 0 saturated heterocycles. The van der Waals surface area contributed by atoms with Crippen LogP contribution < -0.4 is 0 Å². The second-order valence-electron chi connectivity index (χ2n) is 2.91. The maximum Gasteiger partial charge on any atom is 0.0958 e. The summed E-state index contributed by atoms with van der Waals surface area (Å²) in [6.45, 7) is 0.242. The average Bonchev–Trinajstić information content (AvgIpc) is 2.75. The largest absolute Gasteiger partial charge is 0.396 e. The Morgan fingerprint density at radius 2 is 2.45 bits per heavy atom. The second kappa shape index (κ2) is 2.91. The SMILES string of the molecule is OCCc1cnc(C2CC2)s1. The number of aliphatic hydroxyl groups excluding tert-OH is 1. The Morgan fingerprint density at radius 1 is 1.64 bits per heavy atom. The Kier molecular flexibility index (Phi) is 1.92. The summed E-state index contributed by atoms with van der Waals surface area (Å²) in [4.78, 5) is 5.52. The summed E-state index contributed by atoms with van der Waals surface area (Å²) in [5.41, 5.74) is 0. The number of aromatic nitrogens is 1. The van der Waals surface area contributed by atoms with Crippen LogP contribution in [0.5, 0.6) is 0 Å². The fraction of sp³-hybridized carbons (Fsp3) is 0.625. The lowest BCUT2D eigenvalue weighted by Gasteiger charge is -1.87. The molecule has 2 nitrogen and oxygen atoms in total. The van der Waals surface area contributed by atoms with E-state index in [1.807, 2.05) is 6.20 Å². The zero-order valence-electron chi connectivity index (χ0n) is 6.29. The third-order valence-electron chi connectivity index (χ3n) is 1.86. The minimum absolute atomic E-state index is 0.242. The van der Waals surface area contributed by atoms with Gasteiger partial charge >= 0.3 is 0 Å². The first kappa shape index (κ1) is 7.25. The Labute approximate surface area is 69.9 Å². The number of nitrogens with zero attached hydrogens (tertiary/aromatic N) is 1. The van der Waals surface area contributed by atoms with Crippen LogP contribution in [0, 0.1) is 0 Å². The maximum atomic E-state index is 8.66. The van der Waals surface area contributed by atoms with E-state index in [9.17, 15) is 0 Å². The fourth-order valence-electron chi connectivity index (χ4n) is 1.07. The lowest BCUT2D eigenvalue weighted by molar-refractivity contribution is 0.300. The molecule has 2 rings (SSSR count). The molecule has 60 valence electrons. The summed E-state index contributed by atoms with van der Waals surface area (Å²) in [6, 6.07) is 0. The minimum atomic E-state index is 0.242. The molecule has 1 aliphatic carbocycles. The van der Waals surface area contributed by atoms with Gasteiger partial charge in [0.05, 0.1) is 5.01 Å². The molecular formula is C8H11NOS.